The molecule has 0 spiro atoms. The highest BCUT2D eigenvalue weighted by atomic mass is 32.1. The summed E-state index contributed by atoms with van der Waals surface area (Å²) in [6, 6.07) is 3.87. The second kappa shape index (κ2) is 3.93. The van der Waals surface area contributed by atoms with Gasteiger partial charge in [0.05, 0.1) is 22.8 Å². The minimum atomic E-state index is 0.773. The van der Waals surface area contributed by atoms with Crippen molar-refractivity contribution in [3.05, 3.63) is 35.8 Å². The van der Waals surface area contributed by atoms with Crippen LogP contribution in [0.25, 0.3) is 21.7 Å². The highest BCUT2D eigenvalue weighted by molar-refractivity contribution is 7.26. The van der Waals surface area contributed by atoms with E-state index in [1.807, 2.05) is 38.4 Å². The Labute approximate surface area is 120 Å². The number of hydrogen-bond donors (Lipinski definition) is 0. The summed E-state index contributed by atoms with van der Waals surface area (Å²) in [7, 11) is 5.77. The van der Waals surface area contributed by atoms with E-state index >= 15 is 0 Å². The Balaban J connectivity index is 1.93. The molecule has 0 aliphatic rings. The van der Waals surface area contributed by atoms with Crippen LogP contribution in [0.5, 0.6) is 0 Å². The van der Waals surface area contributed by atoms with Crippen molar-refractivity contribution < 1.29 is 0 Å². The zero-order valence-electron chi connectivity index (χ0n) is 11.0. The highest BCUT2D eigenvalue weighted by Gasteiger charge is 2.10. The van der Waals surface area contributed by atoms with Gasteiger partial charge in [0.1, 0.15) is 13.4 Å². The third kappa shape index (κ3) is 1.66. The van der Waals surface area contributed by atoms with Crippen molar-refractivity contribution >= 4 is 39.8 Å². The molecular formula is C13H10BN5S. The maximum absolute atomic E-state index is 5.77. The SMILES string of the molecule is [B]c1cc2nn(-c3cc(C)c4nc(C)cn4n3)cc2s1. The second-order valence-electron chi connectivity index (χ2n) is 4.81. The molecule has 0 bridgehead atoms. The predicted octanol–water partition coefficient (Wildman–Crippen LogP) is 1.54. The first kappa shape index (κ1) is 11.7. The van der Waals surface area contributed by atoms with E-state index in [0.29, 0.717) is 0 Å². The van der Waals surface area contributed by atoms with Crippen molar-refractivity contribution in [1.82, 2.24) is 24.4 Å². The van der Waals surface area contributed by atoms with Gasteiger partial charge < -0.3 is 0 Å². The van der Waals surface area contributed by atoms with Crippen LogP contribution in [0.1, 0.15) is 11.3 Å². The van der Waals surface area contributed by atoms with Crippen LogP contribution in [0.3, 0.4) is 0 Å². The lowest BCUT2D eigenvalue weighted by Crippen LogP contribution is -2.04. The van der Waals surface area contributed by atoms with Crippen molar-refractivity contribution in [3.8, 4) is 5.82 Å². The Morgan fingerprint density at radius 1 is 1.15 bits per heavy atom. The Bertz CT molecular complexity index is 917. The number of fused-ring (bicyclic) bond motifs is 2. The molecule has 0 unspecified atom stereocenters. The maximum Gasteiger partial charge on any atom is 0.174 e. The average molecular weight is 279 g/mol. The number of aromatic nitrogens is 5. The fraction of sp³-hybridized carbons (Fsp3) is 0.154. The van der Waals surface area contributed by atoms with Crippen LogP contribution >= 0.6 is 11.3 Å². The van der Waals surface area contributed by atoms with Gasteiger partial charge in [0.25, 0.3) is 0 Å². The van der Waals surface area contributed by atoms with Crippen molar-refractivity contribution in [2.24, 2.45) is 0 Å². The Morgan fingerprint density at radius 2 is 2.00 bits per heavy atom. The summed E-state index contributed by atoms with van der Waals surface area (Å²) in [5.74, 6) is 0.773. The Hall–Kier alpha value is -2.15. The molecule has 0 aliphatic heterocycles. The molecule has 7 heteroatoms. The number of nitrogens with zero attached hydrogens (tertiary/aromatic N) is 5. The predicted molar refractivity (Wildman–Crippen MR) is 80.4 cm³/mol. The molecule has 0 fully saturated rings. The zero-order chi connectivity index (χ0) is 13.9. The molecular weight excluding hydrogens is 269 g/mol. The molecule has 4 rings (SSSR count). The maximum atomic E-state index is 5.77. The van der Waals surface area contributed by atoms with Crippen LogP contribution in [-0.2, 0) is 0 Å². The molecule has 4 aromatic heterocycles. The Kier molecular flexibility index (Phi) is 2.29. The second-order valence-corrected chi connectivity index (χ2v) is 5.92. The van der Waals surface area contributed by atoms with Gasteiger partial charge in [0, 0.05) is 0 Å². The van der Waals surface area contributed by atoms with Crippen LogP contribution in [-0.4, -0.2) is 32.2 Å². The smallest absolute Gasteiger partial charge is 0.174 e. The van der Waals surface area contributed by atoms with E-state index in [-0.39, 0.29) is 0 Å². The van der Waals surface area contributed by atoms with E-state index < -0.39 is 0 Å². The van der Waals surface area contributed by atoms with Crippen LogP contribution in [0.15, 0.2) is 24.5 Å². The molecule has 5 nitrogen and oxygen atoms in total. The largest absolute Gasteiger partial charge is 0.232 e. The van der Waals surface area contributed by atoms with E-state index in [1.165, 1.54) is 11.3 Å². The zero-order valence-corrected chi connectivity index (χ0v) is 11.8. The van der Waals surface area contributed by atoms with Gasteiger partial charge >= 0.3 is 0 Å². The van der Waals surface area contributed by atoms with Gasteiger partial charge in [-0.05, 0) is 36.3 Å². The summed E-state index contributed by atoms with van der Waals surface area (Å²) in [6.07, 6.45) is 3.86. The summed E-state index contributed by atoms with van der Waals surface area (Å²) >= 11 is 1.53. The average Bonchev–Trinajstić information content (AvgIpc) is 3.00. The quantitative estimate of drug-likeness (QED) is 0.497. The first-order valence-electron chi connectivity index (χ1n) is 6.19. The number of aryl methyl sites for hydroxylation is 2. The first-order valence-corrected chi connectivity index (χ1v) is 7.00. The summed E-state index contributed by atoms with van der Waals surface area (Å²) in [4.78, 5) is 4.45. The molecule has 4 heterocycles. The Morgan fingerprint density at radius 3 is 2.80 bits per heavy atom. The van der Waals surface area contributed by atoms with E-state index in [2.05, 4.69) is 15.2 Å². The topological polar surface area (TPSA) is 48.0 Å². The summed E-state index contributed by atoms with van der Waals surface area (Å²) in [5, 5.41) is 9.06. The van der Waals surface area contributed by atoms with E-state index in [1.54, 1.807) is 9.20 Å². The van der Waals surface area contributed by atoms with Crippen molar-refractivity contribution in [2.45, 2.75) is 13.8 Å². The van der Waals surface area contributed by atoms with E-state index in [0.717, 1.165) is 37.7 Å². The van der Waals surface area contributed by atoms with Gasteiger partial charge in [-0.3, -0.25) is 0 Å². The number of hydrogen-bond acceptors (Lipinski definition) is 4. The van der Waals surface area contributed by atoms with Gasteiger partial charge in [0.2, 0.25) is 0 Å². The lowest BCUT2D eigenvalue weighted by Gasteiger charge is -2.03. The van der Waals surface area contributed by atoms with Gasteiger partial charge in [-0.2, -0.15) is 5.10 Å². The van der Waals surface area contributed by atoms with Crippen LogP contribution in [0.4, 0.5) is 0 Å². The first-order chi connectivity index (χ1) is 9.60. The molecule has 0 aliphatic carbocycles. The monoisotopic (exact) mass is 279 g/mol. The minimum Gasteiger partial charge on any atom is -0.232 e. The fourth-order valence-corrected chi connectivity index (χ4v) is 3.08. The molecule has 0 saturated carbocycles. The van der Waals surface area contributed by atoms with Crippen LogP contribution in [0.2, 0.25) is 0 Å². The number of thiophene rings is 1. The third-order valence-corrected chi connectivity index (χ3v) is 4.05. The third-order valence-electron chi connectivity index (χ3n) is 3.17. The van der Waals surface area contributed by atoms with Crippen molar-refractivity contribution in [2.75, 3.05) is 0 Å². The number of imidazole rings is 1. The lowest BCUT2D eigenvalue weighted by molar-refractivity contribution is 0.797. The molecule has 0 atom stereocenters. The molecule has 0 amide bonds. The molecule has 0 N–H and O–H groups in total. The van der Waals surface area contributed by atoms with Gasteiger partial charge in [-0.15, -0.1) is 16.4 Å². The fourth-order valence-electron chi connectivity index (χ4n) is 2.30. The highest BCUT2D eigenvalue weighted by Crippen LogP contribution is 2.19. The van der Waals surface area contributed by atoms with Crippen LogP contribution in [0, 0.1) is 13.8 Å². The van der Waals surface area contributed by atoms with Crippen molar-refractivity contribution in [1.29, 1.82) is 0 Å². The molecule has 4 aromatic rings. The summed E-state index contributed by atoms with van der Waals surface area (Å²) in [6.45, 7) is 3.98. The molecule has 96 valence electrons. The summed E-state index contributed by atoms with van der Waals surface area (Å²) in [5.41, 5.74) is 3.80. The molecule has 0 saturated heterocycles. The van der Waals surface area contributed by atoms with E-state index in [4.69, 9.17) is 7.85 Å². The van der Waals surface area contributed by atoms with Gasteiger partial charge in [0.15, 0.2) is 11.5 Å². The summed E-state index contributed by atoms with van der Waals surface area (Å²) < 4.78 is 5.41. The van der Waals surface area contributed by atoms with Gasteiger partial charge in [-0.25, -0.2) is 14.2 Å². The van der Waals surface area contributed by atoms with Crippen LogP contribution < -0.4 is 4.78 Å². The molecule has 0 aromatic carbocycles. The lowest BCUT2D eigenvalue weighted by atomic mass is 10.1. The van der Waals surface area contributed by atoms with Gasteiger partial charge in [-0.1, -0.05) is 0 Å². The number of rotatable bonds is 1. The standard InChI is InChI=1S/C13H10BN5S/c1-7-3-12(17-19-5-8(2)15-13(7)19)18-6-10-9(16-18)4-11(14)20-10/h3-6H,1-2H3. The normalized spacial score (nSPS) is 11.7. The van der Waals surface area contributed by atoms with Crippen molar-refractivity contribution in [3.63, 3.8) is 0 Å². The molecule has 2 radical (unpaired) electrons. The minimum absolute atomic E-state index is 0.773. The molecule has 20 heavy (non-hydrogen) atoms. The van der Waals surface area contributed by atoms with E-state index in [9.17, 15) is 0 Å².